The molecule has 0 aliphatic rings. The van der Waals surface area contributed by atoms with Gasteiger partial charge in [-0.3, -0.25) is 0 Å². The Morgan fingerprint density at radius 2 is 2.00 bits per heavy atom. The van der Waals surface area contributed by atoms with E-state index in [1.54, 1.807) is 0 Å². The van der Waals surface area contributed by atoms with Gasteiger partial charge in [0.05, 0.1) is 0 Å². The number of nitrogens with two attached hydrogens (primary N) is 1. The molecule has 2 nitrogen and oxygen atoms in total. The van der Waals surface area contributed by atoms with Crippen LogP contribution in [-0.4, -0.2) is 18.6 Å². The second-order valence-corrected chi connectivity index (χ2v) is 5.19. The van der Waals surface area contributed by atoms with E-state index in [0.29, 0.717) is 31.0 Å². The lowest BCUT2D eigenvalue weighted by Gasteiger charge is -2.33. The van der Waals surface area contributed by atoms with E-state index in [1.165, 1.54) is 12.1 Å². The summed E-state index contributed by atoms with van der Waals surface area (Å²) < 4.78 is 26.2. The van der Waals surface area contributed by atoms with Crippen LogP contribution in [0, 0.1) is 17.6 Å². The lowest BCUT2D eigenvalue weighted by atomic mass is 9.88. The summed E-state index contributed by atoms with van der Waals surface area (Å²) in [6.07, 6.45) is 0.522. The van der Waals surface area contributed by atoms with Crippen molar-refractivity contribution in [3.8, 4) is 0 Å². The Morgan fingerprint density at radius 1 is 1.33 bits per heavy atom. The largest absolute Gasteiger partial charge is 0.329 e. The van der Waals surface area contributed by atoms with Crippen LogP contribution in [0.1, 0.15) is 26.3 Å². The van der Waals surface area contributed by atoms with Gasteiger partial charge in [-0.15, -0.1) is 0 Å². The van der Waals surface area contributed by atoms with Crippen LogP contribution in [0.25, 0.3) is 0 Å². The van der Waals surface area contributed by atoms with Gasteiger partial charge in [0.2, 0.25) is 0 Å². The third-order valence-electron chi connectivity index (χ3n) is 3.64. The minimum Gasteiger partial charge on any atom is -0.329 e. The van der Waals surface area contributed by atoms with Crippen molar-refractivity contribution in [3.63, 3.8) is 0 Å². The van der Waals surface area contributed by atoms with E-state index in [0.717, 1.165) is 6.07 Å². The first kappa shape index (κ1) is 15.1. The Balaban J connectivity index is 2.56. The Labute approximate surface area is 108 Å². The van der Waals surface area contributed by atoms with Gasteiger partial charge in [0.15, 0.2) is 0 Å². The highest BCUT2D eigenvalue weighted by Gasteiger charge is 2.25. The van der Waals surface area contributed by atoms with Gasteiger partial charge >= 0.3 is 0 Å². The van der Waals surface area contributed by atoms with Crippen molar-refractivity contribution in [2.24, 2.45) is 11.7 Å². The van der Waals surface area contributed by atoms with E-state index in [2.05, 4.69) is 26.1 Å². The average molecular weight is 256 g/mol. The molecule has 0 aliphatic heterocycles. The third-order valence-corrected chi connectivity index (χ3v) is 3.64. The Kier molecular flexibility index (Phi) is 5.23. The molecule has 0 fully saturated rings. The van der Waals surface area contributed by atoms with Crippen molar-refractivity contribution < 1.29 is 8.78 Å². The summed E-state index contributed by atoms with van der Waals surface area (Å²) in [6.45, 7) is 7.39. The van der Waals surface area contributed by atoms with Crippen LogP contribution in [-0.2, 0) is 6.42 Å². The highest BCUT2D eigenvalue weighted by molar-refractivity contribution is 5.18. The Hall–Kier alpha value is -1.00. The zero-order chi connectivity index (χ0) is 13.8. The highest BCUT2D eigenvalue weighted by atomic mass is 19.1. The number of halogens is 2. The molecule has 1 unspecified atom stereocenters. The van der Waals surface area contributed by atoms with Gasteiger partial charge in [-0.1, -0.05) is 19.9 Å². The molecule has 0 saturated carbocycles. The zero-order valence-electron chi connectivity index (χ0n) is 11.3. The Morgan fingerprint density at radius 3 is 2.50 bits per heavy atom. The summed E-state index contributed by atoms with van der Waals surface area (Å²) in [5, 5.41) is 3.35. The van der Waals surface area contributed by atoms with E-state index in [1.807, 2.05) is 0 Å². The lowest BCUT2D eigenvalue weighted by Crippen LogP contribution is -2.53. The van der Waals surface area contributed by atoms with Crippen LogP contribution in [0.2, 0.25) is 0 Å². The van der Waals surface area contributed by atoms with Crippen molar-refractivity contribution in [2.45, 2.75) is 32.7 Å². The minimum absolute atomic E-state index is 0.156. The quantitative estimate of drug-likeness (QED) is 0.820. The van der Waals surface area contributed by atoms with Gasteiger partial charge < -0.3 is 11.1 Å². The fraction of sp³-hybridized carbons (Fsp3) is 0.571. The summed E-state index contributed by atoms with van der Waals surface area (Å²) >= 11 is 0. The van der Waals surface area contributed by atoms with Crippen molar-refractivity contribution in [3.05, 3.63) is 35.4 Å². The topological polar surface area (TPSA) is 38.0 Å². The first-order valence-electron chi connectivity index (χ1n) is 6.28. The van der Waals surface area contributed by atoms with Crippen molar-refractivity contribution in [1.82, 2.24) is 5.32 Å². The molecule has 0 saturated heterocycles. The normalized spacial score (nSPS) is 14.8. The van der Waals surface area contributed by atoms with Crippen LogP contribution in [0.15, 0.2) is 18.2 Å². The monoisotopic (exact) mass is 256 g/mol. The fourth-order valence-electron chi connectivity index (χ4n) is 1.72. The molecule has 4 heteroatoms. The van der Waals surface area contributed by atoms with Crippen molar-refractivity contribution in [2.75, 3.05) is 13.1 Å². The van der Waals surface area contributed by atoms with E-state index in [9.17, 15) is 8.78 Å². The molecule has 0 bridgehead atoms. The zero-order valence-corrected chi connectivity index (χ0v) is 11.3. The molecule has 1 rings (SSSR count). The van der Waals surface area contributed by atoms with Gasteiger partial charge in [0.25, 0.3) is 0 Å². The third kappa shape index (κ3) is 3.75. The average Bonchev–Trinajstić information content (AvgIpc) is 2.31. The molecular formula is C14H22F2N2. The van der Waals surface area contributed by atoms with Crippen molar-refractivity contribution >= 4 is 0 Å². The molecule has 1 aromatic carbocycles. The van der Waals surface area contributed by atoms with E-state index in [-0.39, 0.29) is 5.54 Å². The summed E-state index contributed by atoms with van der Waals surface area (Å²) in [6, 6.07) is 3.68. The predicted octanol–water partition coefficient (Wildman–Crippen LogP) is 2.47. The summed E-state index contributed by atoms with van der Waals surface area (Å²) in [5.41, 5.74) is 6.12. The summed E-state index contributed by atoms with van der Waals surface area (Å²) in [4.78, 5) is 0. The van der Waals surface area contributed by atoms with Crippen LogP contribution in [0.4, 0.5) is 8.78 Å². The van der Waals surface area contributed by atoms with Crippen LogP contribution < -0.4 is 11.1 Å². The number of hydrogen-bond donors (Lipinski definition) is 2. The van der Waals surface area contributed by atoms with Gasteiger partial charge in [-0.25, -0.2) is 8.78 Å². The van der Waals surface area contributed by atoms with Gasteiger partial charge in [0, 0.05) is 18.2 Å². The second kappa shape index (κ2) is 6.25. The molecule has 0 amide bonds. The summed E-state index contributed by atoms with van der Waals surface area (Å²) in [5.74, 6) is -0.644. The van der Waals surface area contributed by atoms with E-state index in [4.69, 9.17) is 5.73 Å². The van der Waals surface area contributed by atoms with Crippen molar-refractivity contribution in [1.29, 1.82) is 0 Å². The SMILES string of the molecule is CC(C)C(C)(CN)NCCc1ccc(F)cc1F. The maximum atomic E-state index is 13.4. The number of benzene rings is 1. The number of nitrogens with one attached hydrogen (secondary N) is 1. The van der Waals surface area contributed by atoms with Gasteiger partial charge in [-0.2, -0.15) is 0 Å². The molecule has 3 N–H and O–H groups in total. The number of rotatable bonds is 6. The fourth-order valence-corrected chi connectivity index (χ4v) is 1.72. The Bertz CT molecular complexity index is 393. The molecule has 18 heavy (non-hydrogen) atoms. The minimum atomic E-state index is -0.543. The molecule has 0 radical (unpaired) electrons. The molecule has 0 spiro atoms. The smallest absolute Gasteiger partial charge is 0.129 e. The van der Waals surface area contributed by atoms with Crippen LogP contribution >= 0.6 is 0 Å². The molecule has 102 valence electrons. The van der Waals surface area contributed by atoms with Gasteiger partial charge in [0.1, 0.15) is 11.6 Å². The van der Waals surface area contributed by atoms with E-state index < -0.39 is 11.6 Å². The molecule has 1 atom stereocenters. The standard InChI is InChI=1S/C14H22F2N2/c1-10(2)14(3,9-17)18-7-6-11-4-5-12(15)8-13(11)16/h4-5,8,10,18H,6-7,9,17H2,1-3H3. The molecular weight excluding hydrogens is 234 g/mol. The molecule has 0 heterocycles. The summed E-state index contributed by atoms with van der Waals surface area (Å²) in [7, 11) is 0. The molecule has 0 aliphatic carbocycles. The maximum absolute atomic E-state index is 13.4. The molecule has 0 aromatic heterocycles. The first-order chi connectivity index (χ1) is 8.39. The number of hydrogen-bond acceptors (Lipinski definition) is 2. The highest BCUT2D eigenvalue weighted by Crippen LogP contribution is 2.15. The maximum Gasteiger partial charge on any atom is 0.129 e. The molecule has 1 aromatic rings. The lowest BCUT2D eigenvalue weighted by molar-refractivity contribution is 0.271. The predicted molar refractivity (Wildman–Crippen MR) is 70.4 cm³/mol. The second-order valence-electron chi connectivity index (χ2n) is 5.19. The van der Waals surface area contributed by atoms with Gasteiger partial charge in [-0.05, 0) is 37.4 Å². The van der Waals surface area contributed by atoms with Crippen LogP contribution in [0.5, 0.6) is 0 Å². The van der Waals surface area contributed by atoms with E-state index >= 15 is 0 Å². The first-order valence-corrected chi connectivity index (χ1v) is 6.28. The van der Waals surface area contributed by atoms with Crippen LogP contribution in [0.3, 0.4) is 0 Å².